The number of rotatable bonds is 4. The molecule has 1 amide bonds. The highest BCUT2D eigenvalue weighted by molar-refractivity contribution is 7.99. The van der Waals surface area contributed by atoms with Crippen molar-refractivity contribution in [1.82, 2.24) is 5.32 Å². The number of carboxylic acids is 1. The van der Waals surface area contributed by atoms with Crippen LogP contribution in [-0.2, 0) is 9.59 Å². The van der Waals surface area contributed by atoms with Crippen LogP contribution in [0, 0.1) is 5.41 Å². The van der Waals surface area contributed by atoms with Crippen LogP contribution in [0.2, 0.25) is 0 Å². The number of hydrogen-bond donors (Lipinski definition) is 2. The number of carboxylic acid groups (broad SMARTS) is 1. The van der Waals surface area contributed by atoms with Gasteiger partial charge in [0, 0.05) is 17.1 Å². The van der Waals surface area contributed by atoms with E-state index in [1.54, 1.807) is 11.8 Å². The lowest BCUT2D eigenvalue weighted by atomic mass is 9.66. The predicted octanol–water partition coefficient (Wildman–Crippen LogP) is 2.59. The molecule has 1 heterocycles. The Balaban J connectivity index is 1.65. The van der Waals surface area contributed by atoms with Gasteiger partial charge >= 0.3 is 5.97 Å². The van der Waals surface area contributed by atoms with Gasteiger partial charge in [0.05, 0.1) is 11.5 Å². The Morgan fingerprint density at radius 2 is 2.10 bits per heavy atom. The smallest absolute Gasteiger partial charge is 0.310 e. The summed E-state index contributed by atoms with van der Waals surface area (Å²) >= 11 is 1.73. The Morgan fingerprint density at radius 1 is 1.35 bits per heavy atom. The van der Waals surface area contributed by atoms with Gasteiger partial charge in [0.1, 0.15) is 0 Å². The normalized spacial score (nSPS) is 22.7. The highest BCUT2D eigenvalue weighted by atomic mass is 32.2. The first kappa shape index (κ1) is 13.5. The molecule has 2 N–H and O–H groups in total. The molecule has 5 heteroatoms. The van der Waals surface area contributed by atoms with Crippen molar-refractivity contribution in [1.29, 1.82) is 0 Å². The van der Waals surface area contributed by atoms with Crippen LogP contribution in [0.3, 0.4) is 0 Å². The quantitative estimate of drug-likeness (QED) is 0.895. The van der Waals surface area contributed by atoms with Gasteiger partial charge in [-0.25, -0.2) is 0 Å². The van der Waals surface area contributed by atoms with Crippen molar-refractivity contribution in [2.24, 2.45) is 5.41 Å². The van der Waals surface area contributed by atoms with Crippen molar-refractivity contribution in [3.63, 3.8) is 0 Å². The lowest BCUT2D eigenvalue weighted by Crippen LogP contribution is -2.43. The van der Waals surface area contributed by atoms with E-state index in [1.165, 1.54) is 4.90 Å². The second-order valence-electron chi connectivity index (χ2n) is 5.58. The molecule has 1 unspecified atom stereocenters. The molecule has 1 fully saturated rings. The minimum atomic E-state index is -0.833. The van der Waals surface area contributed by atoms with E-state index >= 15 is 0 Å². The number of fused-ring (bicyclic) bond motifs is 1. The predicted molar refractivity (Wildman–Crippen MR) is 76.6 cm³/mol. The lowest BCUT2D eigenvalue weighted by Gasteiger charge is -2.37. The SMILES string of the molecule is O=C(CC1(C(=O)O)CCC1)NC1CSc2ccccc21. The first-order chi connectivity index (χ1) is 9.61. The van der Waals surface area contributed by atoms with Crippen LogP contribution < -0.4 is 5.32 Å². The zero-order valence-corrected chi connectivity index (χ0v) is 11.9. The molecule has 3 rings (SSSR count). The van der Waals surface area contributed by atoms with E-state index in [4.69, 9.17) is 0 Å². The number of amides is 1. The highest BCUT2D eigenvalue weighted by Gasteiger charge is 2.46. The van der Waals surface area contributed by atoms with Crippen molar-refractivity contribution in [3.05, 3.63) is 29.8 Å². The average Bonchev–Trinajstić information content (AvgIpc) is 2.77. The first-order valence-electron chi connectivity index (χ1n) is 6.85. The Bertz CT molecular complexity index is 554. The van der Waals surface area contributed by atoms with E-state index < -0.39 is 11.4 Å². The second-order valence-corrected chi connectivity index (χ2v) is 6.65. The molecule has 1 atom stereocenters. The molecule has 0 radical (unpaired) electrons. The molecule has 1 aliphatic heterocycles. The van der Waals surface area contributed by atoms with Gasteiger partial charge in [-0.15, -0.1) is 11.8 Å². The van der Waals surface area contributed by atoms with Gasteiger partial charge in [-0.1, -0.05) is 24.6 Å². The summed E-state index contributed by atoms with van der Waals surface area (Å²) < 4.78 is 0. The monoisotopic (exact) mass is 291 g/mol. The number of aliphatic carboxylic acids is 1. The van der Waals surface area contributed by atoms with Gasteiger partial charge in [0.15, 0.2) is 0 Å². The lowest BCUT2D eigenvalue weighted by molar-refractivity contribution is -0.157. The van der Waals surface area contributed by atoms with Crippen LogP contribution in [0.25, 0.3) is 0 Å². The van der Waals surface area contributed by atoms with E-state index in [9.17, 15) is 14.7 Å². The average molecular weight is 291 g/mol. The summed E-state index contributed by atoms with van der Waals surface area (Å²) in [6.07, 6.45) is 2.24. The molecule has 4 nitrogen and oxygen atoms in total. The molecular formula is C15H17NO3S. The molecule has 1 aromatic rings. The summed E-state index contributed by atoms with van der Waals surface area (Å²) in [7, 11) is 0. The number of nitrogens with one attached hydrogen (secondary N) is 1. The topological polar surface area (TPSA) is 66.4 Å². The summed E-state index contributed by atoms with van der Waals surface area (Å²) in [4.78, 5) is 24.6. The van der Waals surface area contributed by atoms with Crippen LogP contribution in [0.1, 0.15) is 37.3 Å². The Kier molecular flexibility index (Phi) is 3.46. The van der Waals surface area contributed by atoms with Gasteiger partial charge in [0.25, 0.3) is 0 Å². The van der Waals surface area contributed by atoms with Gasteiger partial charge in [-0.2, -0.15) is 0 Å². The Labute approximate surface area is 121 Å². The van der Waals surface area contributed by atoms with E-state index in [0.717, 1.165) is 17.7 Å². The van der Waals surface area contributed by atoms with Gasteiger partial charge in [-0.05, 0) is 24.5 Å². The standard InChI is InChI=1S/C15H17NO3S/c17-13(8-15(14(18)19)6-3-7-15)16-11-9-20-12-5-2-1-4-10(11)12/h1-2,4-5,11H,3,6-9H2,(H,16,17)(H,18,19). The fourth-order valence-electron chi connectivity index (χ4n) is 2.90. The van der Waals surface area contributed by atoms with Crippen molar-refractivity contribution < 1.29 is 14.7 Å². The maximum atomic E-state index is 12.1. The fraction of sp³-hybridized carbons (Fsp3) is 0.467. The Hall–Kier alpha value is -1.49. The maximum absolute atomic E-state index is 12.1. The number of hydrogen-bond acceptors (Lipinski definition) is 3. The molecule has 106 valence electrons. The second kappa shape index (κ2) is 5.13. The molecule has 2 aliphatic rings. The van der Waals surface area contributed by atoms with Crippen LogP contribution >= 0.6 is 11.8 Å². The summed E-state index contributed by atoms with van der Waals surface area (Å²) in [6, 6.07) is 8.04. The maximum Gasteiger partial charge on any atom is 0.310 e. The third kappa shape index (κ3) is 2.30. The van der Waals surface area contributed by atoms with E-state index in [1.807, 2.05) is 18.2 Å². The summed E-state index contributed by atoms with van der Waals surface area (Å²) in [5.74, 6) is -0.153. The molecule has 0 aromatic heterocycles. The number of thioether (sulfide) groups is 1. The molecular weight excluding hydrogens is 274 g/mol. The number of carbonyl (C=O) groups is 2. The highest BCUT2D eigenvalue weighted by Crippen LogP contribution is 2.44. The summed E-state index contributed by atoms with van der Waals surface area (Å²) in [5.41, 5.74) is 0.332. The van der Waals surface area contributed by atoms with Crippen LogP contribution in [0.4, 0.5) is 0 Å². The van der Waals surface area contributed by atoms with E-state index in [2.05, 4.69) is 11.4 Å². The largest absolute Gasteiger partial charge is 0.481 e. The summed E-state index contributed by atoms with van der Waals surface area (Å²) in [6.45, 7) is 0. The van der Waals surface area contributed by atoms with Gasteiger partial charge in [0.2, 0.25) is 5.91 Å². The third-order valence-corrected chi connectivity index (χ3v) is 5.48. The number of benzene rings is 1. The molecule has 1 aromatic carbocycles. The van der Waals surface area contributed by atoms with Crippen molar-refractivity contribution in [3.8, 4) is 0 Å². The summed E-state index contributed by atoms with van der Waals surface area (Å²) in [5, 5.41) is 12.3. The molecule has 20 heavy (non-hydrogen) atoms. The van der Waals surface area contributed by atoms with E-state index in [0.29, 0.717) is 12.8 Å². The van der Waals surface area contributed by atoms with E-state index in [-0.39, 0.29) is 18.4 Å². The van der Waals surface area contributed by atoms with Gasteiger partial charge < -0.3 is 10.4 Å². The molecule has 1 aliphatic carbocycles. The number of carbonyl (C=O) groups excluding carboxylic acids is 1. The first-order valence-corrected chi connectivity index (χ1v) is 7.84. The van der Waals surface area contributed by atoms with Crippen LogP contribution in [0.15, 0.2) is 29.2 Å². The van der Waals surface area contributed by atoms with Crippen LogP contribution in [-0.4, -0.2) is 22.7 Å². The van der Waals surface area contributed by atoms with Crippen LogP contribution in [0.5, 0.6) is 0 Å². The van der Waals surface area contributed by atoms with Gasteiger partial charge in [-0.3, -0.25) is 9.59 Å². The molecule has 1 saturated carbocycles. The minimum absolute atomic E-state index is 0.00891. The Morgan fingerprint density at radius 3 is 2.75 bits per heavy atom. The zero-order chi connectivity index (χ0) is 14.2. The minimum Gasteiger partial charge on any atom is -0.481 e. The molecule has 0 bridgehead atoms. The molecule has 0 spiro atoms. The molecule has 0 saturated heterocycles. The van der Waals surface area contributed by atoms with Crippen molar-refractivity contribution >= 4 is 23.6 Å². The zero-order valence-electron chi connectivity index (χ0n) is 11.1. The third-order valence-electron chi connectivity index (χ3n) is 4.30. The fourth-order valence-corrected chi connectivity index (χ4v) is 4.07. The van der Waals surface area contributed by atoms with Crippen molar-refractivity contribution in [2.45, 2.75) is 36.6 Å². The van der Waals surface area contributed by atoms with Crippen molar-refractivity contribution in [2.75, 3.05) is 5.75 Å².